The van der Waals surface area contributed by atoms with E-state index in [0.717, 1.165) is 62.4 Å². The Morgan fingerprint density at radius 1 is 1.06 bits per heavy atom. The zero-order valence-corrected chi connectivity index (χ0v) is 22.0. The highest BCUT2D eigenvalue weighted by Crippen LogP contribution is 2.41. The first-order chi connectivity index (χ1) is 16.3. The van der Waals surface area contributed by atoms with Crippen LogP contribution in [-0.4, -0.2) is 48.0 Å². The Morgan fingerprint density at radius 3 is 2.44 bits per heavy atom. The van der Waals surface area contributed by atoms with E-state index in [1.54, 1.807) is 0 Å². The number of rotatable bonds is 7. The highest BCUT2D eigenvalue weighted by molar-refractivity contribution is 7.98. The summed E-state index contributed by atoms with van der Waals surface area (Å²) in [6.07, 6.45) is 5.82. The number of hydrogen-bond acceptors (Lipinski definition) is 5. The fraction of sp³-hybridized carbons (Fsp3) is 0.552. The van der Waals surface area contributed by atoms with Crippen molar-refractivity contribution in [1.29, 1.82) is 0 Å². The van der Waals surface area contributed by atoms with E-state index in [0.29, 0.717) is 6.42 Å². The number of thioether (sulfide) groups is 1. The number of aryl methyl sites for hydroxylation is 1. The number of nitrogens with zero attached hydrogens (tertiary/aromatic N) is 1. The Kier molecular flexibility index (Phi) is 7.94. The number of methoxy groups -OCH3 is 1. The van der Waals surface area contributed by atoms with Crippen LogP contribution in [0.4, 0.5) is 0 Å². The van der Waals surface area contributed by atoms with Crippen LogP contribution in [0.3, 0.4) is 0 Å². The van der Waals surface area contributed by atoms with Crippen LogP contribution >= 0.6 is 11.8 Å². The fourth-order valence-corrected chi connectivity index (χ4v) is 5.96. The second-order valence-corrected chi connectivity index (χ2v) is 11.8. The molecule has 2 aromatic carbocycles. The number of fused-ring (bicyclic) bond motifs is 1. The minimum Gasteiger partial charge on any atom is -0.487 e. The molecule has 1 saturated heterocycles. The van der Waals surface area contributed by atoms with Gasteiger partial charge in [-0.15, -0.1) is 0 Å². The van der Waals surface area contributed by atoms with Gasteiger partial charge in [0.2, 0.25) is 0 Å². The molecule has 0 atom stereocenters. The number of carbonyl (C=O) groups excluding carboxylic acids is 1. The van der Waals surface area contributed by atoms with Crippen molar-refractivity contribution in [2.45, 2.75) is 76.2 Å². The van der Waals surface area contributed by atoms with E-state index >= 15 is 0 Å². The summed E-state index contributed by atoms with van der Waals surface area (Å²) in [5.41, 5.74) is 5.43. The lowest BCUT2D eigenvalue weighted by atomic mass is 9.81. The average molecular weight is 482 g/mol. The molecule has 0 N–H and O–H groups in total. The molecule has 4 rings (SSSR count). The number of hydrogen-bond donors (Lipinski definition) is 0. The number of piperidine rings is 1. The van der Waals surface area contributed by atoms with Crippen molar-refractivity contribution in [2.24, 2.45) is 0 Å². The molecule has 2 aromatic rings. The van der Waals surface area contributed by atoms with Gasteiger partial charge in [0.05, 0.1) is 7.11 Å². The Hall–Kier alpha value is -1.98. The van der Waals surface area contributed by atoms with E-state index in [1.165, 1.54) is 29.4 Å². The van der Waals surface area contributed by atoms with Crippen LogP contribution in [0.15, 0.2) is 42.5 Å². The van der Waals surface area contributed by atoms with Crippen LogP contribution in [0.5, 0.6) is 5.75 Å². The van der Waals surface area contributed by atoms with Crippen LogP contribution in [0.1, 0.15) is 64.0 Å². The van der Waals surface area contributed by atoms with Crippen LogP contribution in [0.25, 0.3) is 11.1 Å². The Labute approximate surface area is 209 Å². The SMILES string of the molecule is COC(=O)CCCSCc1ccc(-c2ccc3c(c2)CCC2(CCN(C(C)(C)C)CC2)O3)cc1. The number of benzene rings is 2. The lowest BCUT2D eigenvalue weighted by molar-refractivity contribution is -0.140. The maximum atomic E-state index is 11.2. The molecule has 0 unspecified atom stereocenters. The van der Waals surface area contributed by atoms with Gasteiger partial charge < -0.3 is 9.47 Å². The smallest absolute Gasteiger partial charge is 0.305 e. The van der Waals surface area contributed by atoms with Crippen molar-refractivity contribution in [3.8, 4) is 16.9 Å². The Bertz CT molecular complexity index is 972. The van der Waals surface area contributed by atoms with Gasteiger partial charge in [0.1, 0.15) is 11.4 Å². The van der Waals surface area contributed by atoms with Gasteiger partial charge in [-0.1, -0.05) is 30.3 Å². The highest BCUT2D eigenvalue weighted by atomic mass is 32.2. The van der Waals surface area contributed by atoms with Gasteiger partial charge in [-0.25, -0.2) is 0 Å². The molecule has 5 heteroatoms. The second-order valence-electron chi connectivity index (χ2n) is 10.7. The van der Waals surface area contributed by atoms with Crippen LogP contribution in [0, 0.1) is 0 Å². The number of likely N-dealkylation sites (tertiary alicyclic amines) is 1. The molecule has 0 bridgehead atoms. The monoisotopic (exact) mass is 481 g/mol. The van der Waals surface area contributed by atoms with Crippen molar-refractivity contribution in [3.05, 3.63) is 53.6 Å². The minimum atomic E-state index is -0.124. The van der Waals surface area contributed by atoms with Crippen molar-refractivity contribution < 1.29 is 14.3 Å². The van der Waals surface area contributed by atoms with E-state index in [1.807, 2.05) is 11.8 Å². The van der Waals surface area contributed by atoms with Crippen molar-refractivity contribution >= 4 is 17.7 Å². The molecule has 2 aliphatic rings. The van der Waals surface area contributed by atoms with E-state index in [4.69, 9.17) is 9.47 Å². The second kappa shape index (κ2) is 10.7. The minimum absolute atomic E-state index is 0.0203. The van der Waals surface area contributed by atoms with Crippen LogP contribution in [-0.2, 0) is 21.7 Å². The summed E-state index contributed by atoms with van der Waals surface area (Å²) in [6, 6.07) is 15.6. The summed E-state index contributed by atoms with van der Waals surface area (Å²) in [7, 11) is 1.44. The van der Waals surface area contributed by atoms with Gasteiger partial charge in [-0.05, 0) is 93.0 Å². The molecule has 1 fully saturated rings. The normalized spacial score (nSPS) is 17.8. The summed E-state index contributed by atoms with van der Waals surface area (Å²) in [6.45, 7) is 9.16. The largest absolute Gasteiger partial charge is 0.487 e. The summed E-state index contributed by atoms with van der Waals surface area (Å²) >= 11 is 1.86. The van der Waals surface area contributed by atoms with Gasteiger partial charge in [0, 0.05) is 30.8 Å². The third-order valence-corrected chi connectivity index (χ3v) is 8.43. The van der Waals surface area contributed by atoms with Gasteiger partial charge in [-0.2, -0.15) is 11.8 Å². The molecule has 2 aliphatic heterocycles. The molecule has 0 radical (unpaired) electrons. The lowest BCUT2D eigenvalue weighted by Gasteiger charge is -2.48. The predicted molar refractivity (Wildman–Crippen MR) is 142 cm³/mol. The predicted octanol–water partition coefficient (Wildman–Crippen LogP) is 6.50. The number of esters is 1. The summed E-state index contributed by atoms with van der Waals surface area (Å²) in [5, 5.41) is 0. The first-order valence-corrected chi connectivity index (χ1v) is 13.7. The summed E-state index contributed by atoms with van der Waals surface area (Å²) < 4.78 is 11.4. The van der Waals surface area contributed by atoms with Crippen molar-refractivity contribution in [1.82, 2.24) is 4.90 Å². The Balaban J connectivity index is 1.32. The molecule has 2 heterocycles. The molecule has 0 aliphatic carbocycles. The number of ether oxygens (including phenoxy) is 2. The third-order valence-electron chi connectivity index (χ3n) is 7.31. The third kappa shape index (κ3) is 6.17. The van der Waals surface area contributed by atoms with Crippen LogP contribution < -0.4 is 4.74 Å². The van der Waals surface area contributed by atoms with Gasteiger partial charge in [0.25, 0.3) is 0 Å². The average Bonchev–Trinajstić information content (AvgIpc) is 2.83. The van der Waals surface area contributed by atoms with Gasteiger partial charge in [-0.3, -0.25) is 9.69 Å². The van der Waals surface area contributed by atoms with Gasteiger partial charge in [0.15, 0.2) is 0 Å². The van der Waals surface area contributed by atoms with Crippen LogP contribution in [0.2, 0.25) is 0 Å². The van der Waals surface area contributed by atoms with Crippen molar-refractivity contribution in [3.63, 3.8) is 0 Å². The lowest BCUT2D eigenvalue weighted by Crippen LogP contribution is -2.54. The molecule has 0 aromatic heterocycles. The van der Waals surface area contributed by atoms with E-state index in [-0.39, 0.29) is 17.1 Å². The molecule has 184 valence electrons. The molecule has 34 heavy (non-hydrogen) atoms. The first kappa shape index (κ1) is 25.1. The molecule has 1 spiro atoms. The standard InChI is InChI=1S/C29H39NO3S/c1-28(2,3)30-17-15-29(16-18-30)14-13-25-20-24(11-12-26(25)33-29)23-9-7-22(8-10-23)21-34-19-5-6-27(31)32-4/h7-12,20H,5-6,13-19,21H2,1-4H3. The Morgan fingerprint density at radius 2 is 1.76 bits per heavy atom. The fourth-order valence-electron chi connectivity index (χ4n) is 5.04. The molecular weight excluding hydrogens is 442 g/mol. The molecular formula is C29H39NO3S. The molecule has 0 saturated carbocycles. The quantitative estimate of drug-likeness (QED) is 0.333. The zero-order valence-electron chi connectivity index (χ0n) is 21.2. The van der Waals surface area contributed by atoms with E-state index in [2.05, 4.69) is 68.1 Å². The van der Waals surface area contributed by atoms with E-state index in [9.17, 15) is 4.79 Å². The van der Waals surface area contributed by atoms with Crippen molar-refractivity contribution in [2.75, 3.05) is 26.0 Å². The first-order valence-electron chi connectivity index (χ1n) is 12.6. The molecule has 0 amide bonds. The zero-order chi connectivity index (χ0) is 24.2. The summed E-state index contributed by atoms with van der Waals surface area (Å²) in [4.78, 5) is 13.8. The maximum Gasteiger partial charge on any atom is 0.305 e. The summed E-state index contributed by atoms with van der Waals surface area (Å²) in [5.74, 6) is 2.90. The highest BCUT2D eigenvalue weighted by Gasteiger charge is 2.41. The molecule has 4 nitrogen and oxygen atoms in total. The number of carbonyl (C=O) groups is 1. The maximum absolute atomic E-state index is 11.2. The van der Waals surface area contributed by atoms with Gasteiger partial charge >= 0.3 is 5.97 Å². The topological polar surface area (TPSA) is 38.8 Å². The van der Waals surface area contributed by atoms with E-state index < -0.39 is 0 Å².